The molecular weight excluding hydrogens is 325 g/mol. The van der Waals surface area contributed by atoms with Gasteiger partial charge in [-0.3, -0.25) is 0 Å². The molecule has 2 aromatic rings. The van der Waals surface area contributed by atoms with Crippen molar-refractivity contribution in [3.05, 3.63) is 45.4 Å². The van der Waals surface area contributed by atoms with Crippen molar-refractivity contribution in [1.29, 1.82) is 0 Å². The number of rotatable bonds is 3. The van der Waals surface area contributed by atoms with Gasteiger partial charge in [-0.2, -0.15) is 0 Å². The van der Waals surface area contributed by atoms with Gasteiger partial charge in [0, 0.05) is 7.05 Å². The molecule has 1 atom stereocenters. The first kappa shape index (κ1) is 14.0. The smallest absolute Gasteiger partial charge is 0.194 e. The van der Waals surface area contributed by atoms with Crippen LogP contribution in [0, 0.1) is 17.5 Å². The molecule has 102 valence electrons. The van der Waals surface area contributed by atoms with Gasteiger partial charge in [-0.05, 0) is 40.7 Å². The molecule has 0 saturated carbocycles. The van der Waals surface area contributed by atoms with E-state index in [9.17, 15) is 13.2 Å². The van der Waals surface area contributed by atoms with Gasteiger partial charge in [0.2, 0.25) is 0 Å². The van der Waals surface area contributed by atoms with E-state index in [2.05, 4.69) is 31.6 Å². The highest BCUT2D eigenvalue weighted by Gasteiger charge is 2.23. The molecule has 1 unspecified atom stereocenters. The van der Waals surface area contributed by atoms with Crippen LogP contribution in [-0.4, -0.2) is 22.0 Å². The van der Waals surface area contributed by atoms with Gasteiger partial charge in [0.25, 0.3) is 0 Å². The van der Waals surface area contributed by atoms with Crippen LogP contribution in [0.4, 0.5) is 13.2 Å². The van der Waals surface area contributed by atoms with E-state index in [4.69, 9.17) is 0 Å². The zero-order valence-corrected chi connectivity index (χ0v) is 11.7. The molecule has 8 heteroatoms. The van der Waals surface area contributed by atoms with Gasteiger partial charge in [0.05, 0.1) is 11.7 Å². The molecule has 19 heavy (non-hydrogen) atoms. The standard InChI is InChI=1S/C11H10BrF3N4/c1-16-9(10-11(12)17-18-19(10)2)5-3-6(13)8(15)7(14)4-5/h3-4,9,16H,1-2H3. The quantitative estimate of drug-likeness (QED) is 0.876. The minimum atomic E-state index is -1.49. The molecule has 0 aliphatic heterocycles. The Bertz CT molecular complexity index is 571. The Balaban J connectivity index is 2.55. The van der Waals surface area contributed by atoms with Crippen LogP contribution >= 0.6 is 15.9 Å². The average molecular weight is 335 g/mol. The lowest BCUT2D eigenvalue weighted by Gasteiger charge is -2.17. The molecule has 0 spiro atoms. The second-order valence-corrected chi connectivity index (χ2v) is 4.66. The highest BCUT2D eigenvalue weighted by Crippen LogP contribution is 2.28. The van der Waals surface area contributed by atoms with Crippen LogP contribution in [0.3, 0.4) is 0 Å². The topological polar surface area (TPSA) is 42.7 Å². The summed E-state index contributed by atoms with van der Waals surface area (Å²) in [5, 5.41) is 10.5. The maximum Gasteiger partial charge on any atom is 0.194 e. The van der Waals surface area contributed by atoms with Crippen LogP contribution in [0.5, 0.6) is 0 Å². The summed E-state index contributed by atoms with van der Waals surface area (Å²) in [6, 6.07) is 1.32. The van der Waals surface area contributed by atoms with E-state index < -0.39 is 23.5 Å². The van der Waals surface area contributed by atoms with Crippen molar-refractivity contribution in [2.24, 2.45) is 7.05 Å². The fourth-order valence-electron chi connectivity index (χ4n) is 1.85. The first-order chi connectivity index (χ1) is 8.95. The van der Waals surface area contributed by atoms with Gasteiger partial charge < -0.3 is 5.32 Å². The van der Waals surface area contributed by atoms with Crippen molar-refractivity contribution in [1.82, 2.24) is 20.3 Å². The Morgan fingerprint density at radius 3 is 2.26 bits per heavy atom. The summed E-state index contributed by atoms with van der Waals surface area (Å²) in [5.41, 5.74) is 0.818. The van der Waals surface area contributed by atoms with Crippen molar-refractivity contribution in [3.63, 3.8) is 0 Å². The Labute approximate surface area is 115 Å². The van der Waals surface area contributed by atoms with Crippen LogP contribution < -0.4 is 5.32 Å². The third-order valence-electron chi connectivity index (χ3n) is 2.73. The lowest BCUT2D eigenvalue weighted by atomic mass is 10.0. The molecule has 1 aromatic heterocycles. The first-order valence-electron chi connectivity index (χ1n) is 5.32. The predicted octanol–water partition coefficient (Wildman–Crippen LogP) is 2.30. The summed E-state index contributed by atoms with van der Waals surface area (Å²) in [7, 11) is 3.26. The van der Waals surface area contributed by atoms with Crippen molar-refractivity contribution in [2.45, 2.75) is 6.04 Å². The zero-order chi connectivity index (χ0) is 14.2. The molecule has 1 heterocycles. The zero-order valence-electron chi connectivity index (χ0n) is 10.1. The third-order valence-corrected chi connectivity index (χ3v) is 3.29. The number of hydrogen-bond acceptors (Lipinski definition) is 3. The minimum Gasteiger partial charge on any atom is -0.308 e. The van der Waals surface area contributed by atoms with Crippen molar-refractivity contribution >= 4 is 15.9 Å². The molecule has 0 fully saturated rings. The Morgan fingerprint density at radius 2 is 1.84 bits per heavy atom. The number of hydrogen-bond donors (Lipinski definition) is 1. The summed E-state index contributed by atoms with van der Waals surface area (Å²) in [4.78, 5) is 0. The Kier molecular flexibility index (Phi) is 3.91. The highest BCUT2D eigenvalue weighted by atomic mass is 79.9. The van der Waals surface area contributed by atoms with Gasteiger partial charge in [0.15, 0.2) is 22.1 Å². The Hall–Kier alpha value is -1.41. The maximum absolute atomic E-state index is 13.3. The summed E-state index contributed by atoms with van der Waals surface area (Å²) in [6.07, 6.45) is 0. The molecule has 0 aliphatic rings. The maximum atomic E-state index is 13.3. The van der Waals surface area contributed by atoms with Gasteiger partial charge in [-0.1, -0.05) is 5.21 Å². The summed E-state index contributed by atoms with van der Waals surface area (Å²) < 4.78 is 41.5. The first-order valence-corrected chi connectivity index (χ1v) is 6.11. The van der Waals surface area contributed by atoms with Gasteiger partial charge in [-0.15, -0.1) is 5.10 Å². The van der Waals surface area contributed by atoms with Crippen LogP contribution in [0.2, 0.25) is 0 Å². The summed E-state index contributed by atoms with van der Waals surface area (Å²) >= 11 is 3.21. The second-order valence-electron chi connectivity index (χ2n) is 3.91. The van der Waals surface area contributed by atoms with E-state index in [0.717, 1.165) is 12.1 Å². The van der Waals surface area contributed by atoms with Crippen LogP contribution in [0.1, 0.15) is 17.3 Å². The molecule has 0 aliphatic carbocycles. The number of aryl methyl sites for hydroxylation is 1. The summed E-state index contributed by atoms with van der Waals surface area (Å²) in [6.45, 7) is 0. The highest BCUT2D eigenvalue weighted by molar-refractivity contribution is 9.10. The van der Waals surface area contributed by atoms with Crippen LogP contribution in [-0.2, 0) is 7.05 Å². The third kappa shape index (κ3) is 2.50. The van der Waals surface area contributed by atoms with Crippen LogP contribution in [0.15, 0.2) is 16.7 Å². The number of halogens is 4. The molecule has 0 radical (unpaired) electrons. The Morgan fingerprint density at radius 1 is 1.26 bits per heavy atom. The SMILES string of the molecule is CNC(c1cc(F)c(F)c(F)c1)c1c(Br)nnn1C. The van der Waals surface area contributed by atoms with Crippen LogP contribution in [0.25, 0.3) is 0 Å². The molecule has 0 bridgehead atoms. The minimum absolute atomic E-state index is 0.241. The number of benzene rings is 1. The lowest BCUT2D eigenvalue weighted by Crippen LogP contribution is -2.21. The molecular formula is C11H10BrF3N4. The van der Waals surface area contributed by atoms with Crippen molar-refractivity contribution in [3.8, 4) is 0 Å². The van der Waals surface area contributed by atoms with E-state index >= 15 is 0 Å². The van der Waals surface area contributed by atoms with E-state index in [0.29, 0.717) is 10.3 Å². The molecule has 0 saturated heterocycles. The fourth-order valence-corrected chi connectivity index (χ4v) is 2.40. The molecule has 2 rings (SSSR count). The average Bonchev–Trinajstić information content (AvgIpc) is 2.69. The second kappa shape index (κ2) is 5.30. The van der Waals surface area contributed by atoms with E-state index in [1.54, 1.807) is 14.1 Å². The molecule has 0 amide bonds. The number of aromatic nitrogens is 3. The molecule has 1 N–H and O–H groups in total. The monoisotopic (exact) mass is 334 g/mol. The number of nitrogens with zero attached hydrogens (tertiary/aromatic N) is 3. The largest absolute Gasteiger partial charge is 0.308 e. The van der Waals surface area contributed by atoms with Gasteiger partial charge >= 0.3 is 0 Å². The normalized spacial score (nSPS) is 12.7. The van der Waals surface area contributed by atoms with Gasteiger partial charge in [0.1, 0.15) is 0 Å². The van der Waals surface area contributed by atoms with Crippen molar-refractivity contribution in [2.75, 3.05) is 7.05 Å². The lowest BCUT2D eigenvalue weighted by molar-refractivity contribution is 0.442. The predicted molar refractivity (Wildman–Crippen MR) is 65.9 cm³/mol. The molecule has 1 aromatic carbocycles. The number of nitrogens with one attached hydrogen (secondary N) is 1. The van der Waals surface area contributed by atoms with E-state index in [-0.39, 0.29) is 5.56 Å². The van der Waals surface area contributed by atoms with E-state index in [1.165, 1.54) is 4.68 Å². The molecule has 4 nitrogen and oxygen atoms in total. The summed E-state index contributed by atoms with van der Waals surface area (Å²) in [5.74, 6) is -3.95. The van der Waals surface area contributed by atoms with Crippen molar-refractivity contribution < 1.29 is 13.2 Å². The van der Waals surface area contributed by atoms with E-state index in [1.807, 2.05) is 0 Å². The van der Waals surface area contributed by atoms with Gasteiger partial charge in [-0.25, -0.2) is 17.9 Å². The fraction of sp³-hybridized carbons (Fsp3) is 0.273.